The molecule has 0 atom stereocenters. The summed E-state index contributed by atoms with van der Waals surface area (Å²) in [6.07, 6.45) is 17.0. The Balaban J connectivity index is -0.0000000789. The molecule has 142 valence electrons. The molecule has 0 radical (unpaired) electrons. The van der Waals surface area contributed by atoms with E-state index in [0.29, 0.717) is 10.8 Å². The van der Waals surface area contributed by atoms with Gasteiger partial charge < -0.3 is 14.9 Å². The van der Waals surface area contributed by atoms with Crippen LogP contribution in [0.1, 0.15) is 54.4 Å². The maximum absolute atomic E-state index is 3.16. The van der Waals surface area contributed by atoms with Crippen molar-refractivity contribution in [2.45, 2.75) is 54.4 Å². The van der Waals surface area contributed by atoms with Crippen LogP contribution >= 0.6 is 24.8 Å². The second-order valence-corrected chi connectivity index (χ2v) is 6.92. The SMILES string of the molecule is CC(C)(C)C1=CC[C-]=C1.CC(C)(C)C1=CC[C-]=C1.Cl.Cl.[CH3-].[CH3-].[SiH2]=[Zr]. The van der Waals surface area contributed by atoms with Gasteiger partial charge in [-0.05, 0) is 0 Å². The number of allylic oxidation sites excluding steroid dienone is 8. The minimum atomic E-state index is 0. The van der Waals surface area contributed by atoms with Crippen LogP contribution < -0.4 is 0 Å². The summed E-state index contributed by atoms with van der Waals surface area (Å²) in [5.41, 5.74) is 3.48. The van der Waals surface area contributed by atoms with Crippen LogP contribution in [0.2, 0.25) is 0 Å². The van der Waals surface area contributed by atoms with E-state index in [9.17, 15) is 0 Å². The van der Waals surface area contributed by atoms with Gasteiger partial charge in [0.2, 0.25) is 0 Å². The number of hydrogen-bond donors (Lipinski definition) is 0. The molecule has 0 bridgehead atoms. The third-order valence-electron chi connectivity index (χ3n) is 3.13. The van der Waals surface area contributed by atoms with Crippen molar-refractivity contribution < 1.29 is 23.3 Å². The molecule has 4 heteroatoms. The Kier molecular flexibility index (Phi) is 25.4. The first-order valence-corrected chi connectivity index (χ1v) is 13.0. The molecule has 2 rings (SSSR count). The van der Waals surface area contributed by atoms with Crippen molar-refractivity contribution in [1.82, 2.24) is 0 Å². The van der Waals surface area contributed by atoms with Gasteiger partial charge in [0.15, 0.2) is 0 Å². The molecular formula is C20H36Cl2SiZr-4. The van der Waals surface area contributed by atoms with E-state index in [0.717, 1.165) is 12.8 Å². The predicted octanol–water partition coefficient (Wildman–Crippen LogP) is 6.27. The van der Waals surface area contributed by atoms with E-state index in [-0.39, 0.29) is 39.7 Å². The van der Waals surface area contributed by atoms with Gasteiger partial charge in [0, 0.05) is 0 Å². The van der Waals surface area contributed by atoms with Crippen LogP contribution in [0.25, 0.3) is 0 Å². The van der Waals surface area contributed by atoms with E-state index >= 15 is 0 Å². The molecule has 0 nitrogen and oxygen atoms in total. The summed E-state index contributed by atoms with van der Waals surface area (Å²) in [5.74, 6) is 0. The summed E-state index contributed by atoms with van der Waals surface area (Å²) in [7, 11) is 0. The van der Waals surface area contributed by atoms with Crippen molar-refractivity contribution in [1.29, 1.82) is 0 Å². The van der Waals surface area contributed by atoms with Crippen molar-refractivity contribution in [3.05, 3.63) is 62.5 Å². The molecule has 0 saturated heterocycles. The Morgan fingerprint density at radius 1 is 0.750 bits per heavy atom. The zero-order valence-electron chi connectivity index (χ0n) is 16.7. The molecule has 0 fully saturated rings. The Labute approximate surface area is 181 Å². The summed E-state index contributed by atoms with van der Waals surface area (Å²) in [4.78, 5) is 0. The minimum absolute atomic E-state index is 0. The van der Waals surface area contributed by atoms with Gasteiger partial charge in [-0.25, -0.2) is 12.2 Å². The van der Waals surface area contributed by atoms with Crippen molar-refractivity contribution in [3.63, 3.8) is 0 Å². The van der Waals surface area contributed by atoms with Gasteiger partial charge in [-0.2, -0.15) is 23.3 Å². The molecule has 0 heterocycles. The van der Waals surface area contributed by atoms with E-state index in [4.69, 9.17) is 0 Å². The van der Waals surface area contributed by atoms with Crippen molar-refractivity contribution in [3.8, 4) is 0 Å². The fraction of sp³-hybridized carbons (Fsp3) is 0.500. The summed E-state index contributed by atoms with van der Waals surface area (Å²) >= 11 is 1.58. The molecule has 0 saturated carbocycles. The molecule has 0 aromatic rings. The Morgan fingerprint density at radius 3 is 1.08 bits per heavy atom. The van der Waals surface area contributed by atoms with E-state index < -0.39 is 0 Å². The molecule has 0 aliphatic heterocycles. The van der Waals surface area contributed by atoms with Crippen LogP contribution in [0, 0.1) is 37.8 Å². The Hall–Kier alpha value is 0.640. The number of rotatable bonds is 0. The summed E-state index contributed by atoms with van der Waals surface area (Å²) in [6.45, 7) is 15.3. The Morgan fingerprint density at radius 2 is 1.00 bits per heavy atom. The monoisotopic (exact) mass is 464 g/mol. The predicted molar refractivity (Wildman–Crippen MR) is 116 cm³/mol. The van der Waals surface area contributed by atoms with E-state index in [1.54, 1.807) is 23.3 Å². The zero-order chi connectivity index (χ0) is 15.8. The zero-order valence-corrected chi connectivity index (χ0v) is 22.3. The van der Waals surface area contributed by atoms with Crippen molar-refractivity contribution in [2.75, 3.05) is 0 Å². The fourth-order valence-electron chi connectivity index (χ4n) is 1.84. The van der Waals surface area contributed by atoms with Crippen LogP contribution in [0.15, 0.2) is 35.5 Å². The van der Waals surface area contributed by atoms with Crippen LogP contribution in [-0.2, 0) is 23.3 Å². The van der Waals surface area contributed by atoms with Crippen molar-refractivity contribution in [2.24, 2.45) is 10.8 Å². The number of hydrogen-bond acceptors (Lipinski definition) is 0. The third kappa shape index (κ3) is 14.9. The second-order valence-electron chi connectivity index (χ2n) is 6.92. The average molecular weight is 467 g/mol. The summed E-state index contributed by atoms with van der Waals surface area (Å²) < 4.78 is 0. The first-order chi connectivity index (χ1) is 9.21. The van der Waals surface area contributed by atoms with E-state index in [2.05, 4.69) is 78.0 Å². The molecule has 24 heavy (non-hydrogen) atoms. The van der Waals surface area contributed by atoms with Gasteiger partial charge in [0.05, 0.1) is 0 Å². The first kappa shape index (κ1) is 35.7. The quantitative estimate of drug-likeness (QED) is 0.292. The molecule has 0 amide bonds. The molecule has 2 aliphatic rings. The molecular weight excluding hydrogens is 430 g/mol. The van der Waals surface area contributed by atoms with Crippen LogP contribution in [-0.4, -0.2) is 6.88 Å². The molecule has 0 N–H and O–H groups in total. The molecule has 0 aromatic carbocycles. The van der Waals surface area contributed by atoms with Gasteiger partial charge in [-0.1, -0.05) is 52.4 Å². The van der Waals surface area contributed by atoms with E-state index in [1.807, 2.05) is 6.88 Å². The summed E-state index contributed by atoms with van der Waals surface area (Å²) in [6, 6.07) is 0. The normalized spacial score (nSPS) is 13.9. The molecule has 0 unspecified atom stereocenters. The third-order valence-corrected chi connectivity index (χ3v) is 3.13. The van der Waals surface area contributed by atoms with Crippen LogP contribution in [0.4, 0.5) is 0 Å². The molecule has 0 spiro atoms. The second kappa shape index (κ2) is 17.1. The maximum atomic E-state index is 3.16. The summed E-state index contributed by atoms with van der Waals surface area (Å²) in [5, 5.41) is 0. The van der Waals surface area contributed by atoms with Crippen molar-refractivity contribution >= 4 is 31.7 Å². The Bertz CT molecular complexity index is 382. The number of halogens is 2. The van der Waals surface area contributed by atoms with E-state index in [1.165, 1.54) is 11.1 Å². The fourth-order valence-corrected chi connectivity index (χ4v) is 1.84. The van der Waals surface area contributed by atoms with Crippen LogP contribution in [0.3, 0.4) is 0 Å². The van der Waals surface area contributed by atoms with Gasteiger partial charge in [0.25, 0.3) is 0 Å². The topological polar surface area (TPSA) is 0 Å². The molecule has 0 aromatic heterocycles. The molecule has 2 aliphatic carbocycles. The van der Waals surface area contributed by atoms with Gasteiger partial charge in [-0.3, -0.25) is 12.2 Å². The first-order valence-electron chi connectivity index (χ1n) is 7.11. The average Bonchev–Trinajstić information content (AvgIpc) is 3.04. The van der Waals surface area contributed by atoms with Gasteiger partial charge in [0.1, 0.15) is 0 Å². The van der Waals surface area contributed by atoms with Crippen LogP contribution in [0.5, 0.6) is 0 Å². The van der Waals surface area contributed by atoms with Gasteiger partial charge >= 0.3 is 30.2 Å². The van der Waals surface area contributed by atoms with Gasteiger partial charge in [-0.15, -0.1) is 37.7 Å². The standard InChI is InChI=1S/2C9H13.2CH3.2ClH.H2Si.Zr/c2*1-9(2,3)8-6-4-5-7-8;;;;;;/h2*6-7H,4H2,1-3H3;2*1H3;2*1H;1H2;/q4*-1;;;;.